The molecule has 0 unspecified atom stereocenters. The molecule has 1 aliphatic carbocycles. The van der Waals surface area contributed by atoms with E-state index in [0.29, 0.717) is 11.8 Å². The highest BCUT2D eigenvalue weighted by molar-refractivity contribution is 7.10. The van der Waals surface area contributed by atoms with Gasteiger partial charge in [-0.1, -0.05) is 0 Å². The summed E-state index contributed by atoms with van der Waals surface area (Å²) in [4.78, 5) is 9.37. The Kier molecular flexibility index (Phi) is 4.05. The first kappa shape index (κ1) is 16.3. The Morgan fingerprint density at radius 3 is 2.89 bits per heavy atom. The summed E-state index contributed by atoms with van der Waals surface area (Å²) in [5, 5.41) is 4.16. The second-order valence-corrected chi connectivity index (χ2v) is 7.54. The zero-order valence-corrected chi connectivity index (χ0v) is 15.7. The molecule has 0 saturated heterocycles. The smallest absolute Gasteiger partial charge is 0.244 e. The molecule has 4 aromatic heterocycles. The molecule has 0 spiro atoms. The van der Waals surface area contributed by atoms with Gasteiger partial charge in [0, 0.05) is 12.3 Å². The number of fused-ring (bicyclic) bond motifs is 1. The largest absolute Gasteiger partial charge is 0.473 e. The van der Waals surface area contributed by atoms with Crippen LogP contribution in [0.3, 0.4) is 0 Å². The average molecular weight is 381 g/mol. The first-order chi connectivity index (χ1) is 13.3. The molecule has 0 atom stereocenters. The predicted octanol–water partition coefficient (Wildman–Crippen LogP) is 4.84. The van der Waals surface area contributed by atoms with Crippen molar-refractivity contribution in [3.05, 3.63) is 42.6 Å². The monoisotopic (exact) mass is 381 g/mol. The molecule has 0 bridgehead atoms. The fourth-order valence-corrected chi connectivity index (χ4v) is 4.11. The van der Waals surface area contributed by atoms with Crippen molar-refractivity contribution in [2.75, 3.05) is 5.32 Å². The molecule has 27 heavy (non-hydrogen) atoms. The van der Waals surface area contributed by atoms with Crippen molar-refractivity contribution in [1.82, 2.24) is 18.9 Å². The van der Waals surface area contributed by atoms with E-state index < -0.39 is 0 Å². The maximum Gasteiger partial charge on any atom is 0.244 e. The predicted molar refractivity (Wildman–Crippen MR) is 104 cm³/mol. The number of aromatic nitrogens is 4. The maximum absolute atomic E-state index is 6.31. The lowest BCUT2D eigenvalue weighted by atomic mass is 10.3. The van der Waals surface area contributed by atoms with Gasteiger partial charge in [0.15, 0.2) is 0 Å². The van der Waals surface area contributed by atoms with Gasteiger partial charge in [-0.05, 0) is 56.3 Å². The van der Waals surface area contributed by atoms with Gasteiger partial charge in [0.05, 0.1) is 23.2 Å². The van der Waals surface area contributed by atoms with Gasteiger partial charge in [-0.15, -0.1) is 0 Å². The summed E-state index contributed by atoms with van der Waals surface area (Å²) in [6, 6.07) is 5.85. The summed E-state index contributed by atoms with van der Waals surface area (Å²) in [6.45, 7) is 1.96. The van der Waals surface area contributed by atoms with Crippen molar-refractivity contribution in [2.45, 2.75) is 38.7 Å². The van der Waals surface area contributed by atoms with Crippen LogP contribution in [0.5, 0.6) is 5.88 Å². The maximum atomic E-state index is 6.31. The number of anilines is 2. The minimum Gasteiger partial charge on any atom is -0.473 e. The van der Waals surface area contributed by atoms with Crippen LogP contribution in [0.4, 0.5) is 10.9 Å². The van der Waals surface area contributed by atoms with Gasteiger partial charge in [-0.25, -0.2) is 4.98 Å². The van der Waals surface area contributed by atoms with Crippen molar-refractivity contribution in [3.8, 4) is 11.6 Å². The van der Waals surface area contributed by atoms with Crippen LogP contribution < -0.4 is 10.1 Å². The molecule has 1 saturated carbocycles. The van der Waals surface area contributed by atoms with Crippen LogP contribution in [0.15, 0.2) is 41.3 Å². The number of furan rings is 1. The molecule has 1 N–H and O–H groups in total. The fourth-order valence-electron chi connectivity index (χ4n) is 3.46. The van der Waals surface area contributed by atoms with Crippen molar-refractivity contribution in [2.24, 2.45) is 0 Å². The van der Waals surface area contributed by atoms with Crippen LogP contribution in [0.2, 0.25) is 0 Å². The summed E-state index contributed by atoms with van der Waals surface area (Å²) in [6.07, 6.45) is 10.1. The summed E-state index contributed by atoms with van der Waals surface area (Å²) in [5.41, 5.74) is 3.57. The van der Waals surface area contributed by atoms with E-state index in [4.69, 9.17) is 14.1 Å². The molecule has 7 nitrogen and oxygen atoms in total. The summed E-state index contributed by atoms with van der Waals surface area (Å²) < 4.78 is 17.9. The van der Waals surface area contributed by atoms with E-state index in [1.807, 2.05) is 35.9 Å². The minimum atomic E-state index is 0.203. The van der Waals surface area contributed by atoms with Crippen molar-refractivity contribution in [3.63, 3.8) is 0 Å². The molecular formula is C19H19N5O2S. The van der Waals surface area contributed by atoms with Crippen LogP contribution >= 0.6 is 11.5 Å². The quantitative estimate of drug-likeness (QED) is 0.533. The van der Waals surface area contributed by atoms with E-state index in [2.05, 4.69) is 14.7 Å². The Hall–Kier alpha value is -2.87. The number of rotatable bonds is 5. The van der Waals surface area contributed by atoms with Crippen LogP contribution in [-0.4, -0.2) is 25.0 Å². The number of hydrogen-bond acceptors (Lipinski definition) is 7. The number of nitrogens with one attached hydrogen (secondary N) is 1. The normalized spacial score (nSPS) is 14.9. The van der Waals surface area contributed by atoms with Crippen LogP contribution in [0, 0.1) is 6.92 Å². The van der Waals surface area contributed by atoms with Gasteiger partial charge in [0.25, 0.3) is 0 Å². The van der Waals surface area contributed by atoms with E-state index in [-0.39, 0.29) is 6.10 Å². The standard InChI is InChI=1S/C19H19N5O2S/c1-12-10-16(27-23-12)21-19-20-15-6-8-24(13-7-9-25-11-13)17(15)18(22-19)26-14-4-2-3-5-14/h6-11,14H,2-5H2,1H3,(H,20,21,22). The Morgan fingerprint density at radius 1 is 1.26 bits per heavy atom. The Labute approximate surface area is 160 Å². The second-order valence-electron chi connectivity index (χ2n) is 6.74. The topological polar surface area (TPSA) is 78.0 Å². The SMILES string of the molecule is Cc1cc(Nc2nc(OC3CCCC3)c3c(ccn3-c3ccoc3)n2)sn1. The lowest BCUT2D eigenvalue weighted by molar-refractivity contribution is 0.204. The number of ether oxygens (including phenoxy) is 1. The molecule has 4 heterocycles. The van der Waals surface area contributed by atoms with Crippen molar-refractivity contribution < 1.29 is 9.15 Å². The second kappa shape index (κ2) is 6.70. The highest BCUT2D eigenvalue weighted by Gasteiger charge is 2.22. The first-order valence-electron chi connectivity index (χ1n) is 9.05. The molecule has 0 aliphatic heterocycles. The Balaban J connectivity index is 1.59. The van der Waals surface area contributed by atoms with Gasteiger partial charge < -0.3 is 19.0 Å². The van der Waals surface area contributed by atoms with E-state index in [1.165, 1.54) is 24.4 Å². The average Bonchev–Trinajstić information content (AvgIpc) is 3.42. The summed E-state index contributed by atoms with van der Waals surface area (Å²) in [7, 11) is 0. The summed E-state index contributed by atoms with van der Waals surface area (Å²) >= 11 is 1.39. The molecule has 0 aromatic carbocycles. The molecular weight excluding hydrogens is 362 g/mol. The third-order valence-corrected chi connectivity index (χ3v) is 5.53. The molecule has 0 radical (unpaired) electrons. The van der Waals surface area contributed by atoms with Gasteiger partial charge in [0.2, 0.25) is 11.8 Å². The Morgan fingerprint density at radius 2 is 2.15 bits per heavy atom. The van der Waals surface area contributed by atoms with Gasteiger partial charge in [-0.2, -0.15) is 9.36 Å². The lowest BCUT2D eigenvalue weighted by Gasteiger charge is -2.15. The van der Waals surface area contributed by atoms with Crippen molar-refractivity contribution in [1.29, 1.82) is 0 Å². The van der Waals surface area contributed by atoms with Crippen LogP contribution in [-0.2, 0) is 0 Å². The molecule has 1 fully saturated rings. The zero-order chi connectivity index (χ0) is 18.2. The van der Waals surface area contributed by atoms with E-state index in [9.17, 15) is 0 Å². The van der Waals surface area contributed by atoms with Crippen LogP contribution in [0.1, 0.15) is 31.4 Å². The first-order valence-corrected chi connectivity index (χ1v) is 9.82. The highest BCUT2D eigenvalue weighted by Crippen LogP contribution is 2.32. The van der Waals surface area contributed by atoms with Gasteiger partial charge >= 0.3 is 0 Å². The third kappa shape index (κ3) is 3.16. The molecule has 138 valence electrons. The number of aryl methyl sites for hydroxylation is 1. The van der Waals surface area contributed by atoms with Crippen LogP contribution in [0.25, 0.3) is 16.7 Å². The molecule has 5 rings (SSSR count). The number of nitrogens with zero attached hydrogens (tertiary/aromatic N) is 4. The fraction of sp³-hybridized carbons (Fsp3) is 0.316. The Bertz CT molecular complexity index is 1060. The van der Waals surface area contributed by atoms with E-state index in [0.717, 1.165) is 40.3 Å². The zero-order valence-electron chi connectivity index (χ0n) is 14.9. The third-order valence-electron chi connectivity index (χ3n) is 4.73. The lowest BCUT2D eigenvalue weighted by Crippen LogP contribution is -2.13. The van der Waals surface area contributed by atoms with Gasteiger partial charge in [0.1, 0.15) is 22.9 Å². The molecule has 1 aliphatic rings. The van der Waals surface area contributed by atoms with E-state index >= 15 is 0 Å². The minimum absolute atomic E-state index is 0.203. The number of hydrogen-bond donors (Lipinski definition) is 1. The molecule has 4 aromatic rings. The highest BCUT2D eigenvalue weighted by atomic mass is 32.1. The van der Waals surface area contributed by atoms with E-state index in [1.54, 1.807) is 12.5 Å². The van der Waals surface area contributed by atoms with Crippen molar-refractivity contribution >= 4 is 33.5 Å². The van der Waals surface area contributed by atoms with Gasteiger partial charge in [-0.3, -0.25) is 0 Å². The molecule has 0 amide bonds. The summed E-state index contributed by atoms with van der Waals surface area (Å²) in [5.74, 6) is 1.12. The molecule has 8 heteroatoms.